The molecule has 0 heterocycles. The Hall–Kier alpha value is -1.02. The van der Waals surface area contributed by atoms with Crippen LogP contribution in [0.5, 0.6) is 0 Å². The van der Waals surface area contributed by atoms with E-state index in [1.807, 2.05) is 0 Å². The largest absolute Gasteiger partial charge is 0.396 e. The highest BCUT2D eigenvalue weighted by Crippen LogP contribution is 2.12. The SMILES string of the molecule is CN(CCCCCO)S(=O)(=O)Cc1cccc(C(N)=S)c1. The quantitative estimate of drug-likeness (QED) is 0.526. The first kappa shape index (κ1) is 18.0. The lowest BCUT2D eigenvalue weighted by atomic mass is 10.1. The van der Waals surface area contributed by atoms with Gasteiger partial charge in [0.1, 0.15) is 4.99 Å². The fraction of sp³-hybridized carbons (Fsp3) is 0.500. The van der Waals surface area contributed by atoms with Crippen LogP contribution >= 0.6 is 12.2 Å². The Labute approximate surface area is 131 Å². The lowest BCUT2D eigenvalue weighted by Gasteiger charge is -2.17. The van der Waals surface area contributed by atoms with Gasteiger partial charge in [-0.15, -0.1) is 0 Å². The lowest BCUT2D eigenvalue weighted by molar-refractivity contribution is 0.281. The zero-order chi connectivity index (χ0) is 15.9. The van der Waals surface area contributed by atoms with E-state index < -0.39 is 10.0 Å². The number of nitrogens with two attached hydrogens (primary N) is 1. The van der Waals surface area contributed by atoms with Crippen LogP contribution in [0.3, 0.4) is 0 Å². The summed E-state index contributed by atoms with van der Waals surface area (Å²) in [5, 5.41) is 8.70. The summed E-state index contributed by atoms with van der Waals surface area (Å²) in [6.45, 7) is 0.597. The molecule has 1 rings (SSSR count). The van der Waals surface area contributed by atoms with Crippen LogP contribution in [-0.4, -0.2) is 43.0 Å². The Morgan fingerprint density at radius 1 is 1.33 bits per heavy atom. The maximum atomic E-state index is 12.3. The van der Waals surface area contributed by atoms with Crippen molar-refractivity contribution >= 4 is 27.2 Å². The Morgan fingerprint density at radius 3 is 2.67 bits per heavy atom. The highest BCUT2D eigenvalue weighted by Gasteiger charge is 2.18. The average Bonchev–Trinajstić information content (AvgIpc) is 2.43. The molecule has 0 radical (unpaired) electrons. The van der Waals surface area contributed by atoms with Crippen LogP contribution in [0.15, 0.2) is 24.3 Å². The van der Waals surface area contributed by atoms with Crippen molar-refractivity contribution < 1.29 is 13.5 Å². The second kappa shape index (κ2) is 8.43. The molecule has 1 aromatic carbocycles. The minimum atomic E-state index is -3.36. The molecule has 0 amide bonds. The van der Waals surface area contributed by atoms with Crippen molar-refractivity contribution in [2.45, 2.75) is 25.0 Å². The van der Waals surface area contributed by atoms with Gasteiger partial charge in [-0.2, -0.15) is 0 Å². The Balaban J connectivity index is 2.67. The second-order valence-electron chi connectivity index (χ2n) is 4.93. The van der Waals surface area contributed by atoms with E-state index in [-0.39, 0.29) is 17.3 Å². The van der Waals surface area contributed by atoms with Crippen molar-refractivity contribution in [1.82, 2.24) is 4.31 Å². The average molecular weight is 330 g/mol. The van der Waals surface area contributed by atoms with Gasteiger partial charge in [-0.3, -0.25) is 0 Å². The first-order chi connectivity index (χ1) is 9.86. The number of rotatable bonds is 9. The van der Waals surface area contributed by atoms with Gasteiger partial charge >= 0.3 is 0 Å². The number of benzene rings is 1. The lowest BCUT2D eigenvalue weighted by Crippen LogP contribution is -2.29. The van der Waals surface area contributed by atoms with Crippen LogP contribution in [0.25, 0.3) is 0 Å². The summed E-state index contributed by atoms with van der Waals surface area (Å²) >= 11 is 4.89. The molecule has 0 atom stereocenters. The molecule has 5 nitrogen and oxygen atoms in total. The molecule has 3 N–H and O–H groups in total. The fourth-order valence-corrected chi connectivity index (χ4v) is 3.25. The van der Waals surface area contributed by atoms with E-state index in [4.69, 9.17) is 23.1 Å². The maximum Gasteiger partial charge on any atom is 0.218 e. The number of thiocarbonyl (C=S) groups is 1. The van der Waals surface area contributed by atoms with Gasteiger partial charge in [0, 0.05) is 25.8 Å². The number of nitrogens with zero attached hydrogens (tertiary/aromatic N) is 1. The van der Waals surface area contributed by atoms with Gasteiger partial charge in [-0.05, 0) is 30.9 Å². The molecule has 0 saturated carbocycles. The summed E-state index contributed by atoms with van der Waals surface area (Å²) in [7, 11) is -1.78. The molecule has 1 aromatic rings. The number of hydrogen-bond acceptors (Lipinski definition) is 4. The summed E-state index contributed by atoms with van der Waals surface area (Å²) in [6, 6.07) is 6.97. The third kappa shape index (κ3) is 6.09. The van der Waals surface area contributed by atoms with Crippen molar-refractivity contribution in [2.75, 3.05) is 20.2 Å². The molecule has 0 saturated heterocycles. The van der Waals surface area contributed by atoms with Crippen LogP contribution in [0, 0.1) is 0 Å². The summed E-state index contributed by atoms with van der Waals surface area (Å²) in [4.78, 5) is 0.256. The molecular weight excluding hydrogens is 308 g/mol. The van der Waals surface area contributed by atoms with Gasteiger partial charge in [-0.1, -0.05) is 30.4 Å². The van der Waals surface area contributed by atoms with Crippen molar-refractivity contribution in [1.29, 1.82) is 0 Å². The molecule has 0 bridgehead atoms. The fourth-order valence-electron chi connectivity index (χ4n) is 1.90. The Morgan fingerprint density at radius 2 is 2.05 bits per heavy atom. The minimum absolute atomic E-state index is 0.0695. The van der Waals surface area contributed by atoms with Crippen LogP contribution in [-0.2, 0) is 15.8 Å². The molecule has 118 valence electrons. The third-order valence-corrected chi connectivity index (χ3v) is 5.23. The van der Waals surface area contributed by atoms with Crippen molar-refractivity contribution in [2.24, 2.45) is 5.73 Å². The molecular formula is C14H22N2O3S2. The van der Waals surface area contributed by atoms with Gasteiger partial charge < -0.3 is 10.8 Å². The van der Waals surface area contributed by atoms with Crippen molar-refractivity contribution in [3.63, 3.8) is 0 Å². The normalized spacial score (nSPS) is 11.8. The highest BCUT2D eigenvalue weighted by atomic mass is 32.2. The molecule has 7 heteroatoms. The maximum absolute atomic E-state index is 12.3. The van der Waals surface area contributed by atoms with Crippen LogP contribution < -0.4 is 5.73 Å². The second-order valence-corrected chi connectivity index (χ2v) is 7.44. The number of aliphatic hydroxyl groups is 1. The molecule has 0 unspecified atom stereocenters. The van der Waals surface area contributed by atoms with E-state index in [9.17, 15) is 8.42 Å². The molecule has 0 spiro atoms. The molecule has 0 aliphatic carbocycles. The summed E-state index contributed by atoms with van der Waals surface area (Å²) in [5.74, 6) is -0.0695. The summed E-state index contributed by atoms with van der Waals surface area (Å²) < 4.78 is 25.9. The zero-order valence-electron chi connectivity index (χ0n) is 12.2. The van der Waals surface area contributed by atoms with E-state index >= 15 is 0 Å². The standard InChI is InChI=1S/C14H22N2O3S2/c1-16(8-3-2-4-9-17)21(18,19)11-12-6-5-7-13(10-12)14(15)20/h5-7,10,17H,2-4,8-9,11H2,1H3,(H2,15,20). The number of aliphatic hydroxyl groups excluding tert-OH is 1. The molecule has 0 fully saturated rings. The van der Waals surface area contributed by atoms with Gasteiger partial charge in [0.05, 0.1) is 5.75 Å². The van der Waals surface area contributed by atoms with Gasteiger partial charge in [0.25, 0.3) is 0 Å². The molecule has 0 aliphatic heterocycles. The molecule has 0 aliphatic rings. The Kier molecular flexibility index (Phi) is 7.24. The van der Waals surface area contributed by atoms with Crippen LogP contribution in [0.1, 0.15) is 30.4 Å². The van der Waals surface area contributed by atoms with Crippen molar-refractivity contribution in [3.05, 3.63) is 35.4 Å². The predicted octanol–water partition coefficient (Wildman–Crippen LogP) is 1.24. The predicted molar refractivity (Wildman–Crippen MR) is 88.5 cm³/mol. The summed E-state index contributed by atoms with van der Waals surface area (Å²) in [5.41, 5.74) is 6.89. The molecule has 0 aromatic heterocycles. The summed E-state index contributed by atoms with van der Waals surface area (Å²) in [6.07, 6.45) is 2.25. The van der Waals surface area contributed by atoms with Crippen molar-refractivity contribution in [3.8, 4) is 0 Å². The van der Waals surface area contributed by atoms with E-state index in [2.05, 4.69) is 0 Å². The number of hydrogen-bond donors (Lipinski definition) is 2. The Bertz CT molecular complexity index is 573. The monoisotopic (exact) mass is 330 g/mol. The number of unbranched alkanes of at least 4 members (excludes halogenated alkanes) is 2. The third-order valence-electron chi connectivity index (χ3n) is 3.17. The highest BCUT2D eigenvalue weighted by molar-refractivity contribution is 7.88. The first-order valence-corrected chi connectivity index (χ1v) is 8.82. The van der Waals surface area contributed by atoms with E-state index in [1.54, 1.807) is 31.3 Å². The smallest absolute Gasteiger partial charge is 0.218 e. The minimum Gasteiger partial charge on any atom is -0.396 e. The van der Waals surface area contributed by atoms with Gasteiger partial charge in [0.15, 0.2) is 0 Å². The zero-order valence-corrected chi connectivity index (χ0v) is 13.8. The topological polar surface area (TPSA) is 83.6 Å². The van der Waals surface area contributed by atoms with E-state index in [0.29, 0.717) is 24.1 Å². The first-order valence-electron chi connectivity index (χ1n) is 6.80. The van der Waals surface area contributed by atoms with E-state index in [0.717, 1.165) is 12.8 Å². The van der Waals surface area contributed by atoms with Crippen LogP contribution in [0.4, 0.5) is 0 Å². The number of sulfonamides is 1. The van der Waals surface area contributed by atoms with E-state index in [1.165, 1.54) is 4.31 Å². The van der Waals surface area contributed by atoms with Gasteiger partial charge in [0.2, 0.25) is 10.0 Å². The van der Waals surface area contributed by atoms with Crippen LogP contribution in [0.2, 0.25) is 0 Å². The van der Waals surface area contributed by atoms with Gasteiger partial charge in [-0.25, -0.2) is 12.7 Å². The molecule has 21 heavy (non-hydrogen) atoms.